The van der Waals surface area contributed by atoms with Gasteiger partial charge in [0.2, 0.25) is 23.6 Å². The number of thiol groups is 1. The molecule has 4 atom stereocenters. The Morgan fingerprint density at radius 1 is 0.875 bits per heavy atom. The van der Waals surface area contributed by atoms with Gasteiger partial charge in [-0.2, -0.15) is 12.6 Å². The third-order valence-electron chi connectivity index (χ3n) is 4.19. The zero-order chi connectivity index (χ0) is 25.0. The van der Waals surface area contributed by atoms with Crippen molar-refractivity contribution >= 4 is 48.2 Å². The average Bonchev–Trinajstić information content (AvgIpc) is 2.67. The first kappa shape index (κ1) is 29.1. The molecule has 0 aromatic heterocycles. The first-order valence-corrected chi connectivity index (χ1v) is 10.4. The van der Waals surface area contributed by atoms with Gasteiger partial charge in [0.1, 0.15) is 18.1 Å². The molecular formula is C18H31N5O8S. The molecule has 9 N–H and O–H groups in total. The fraction of sp³-hybridized carbons (Fsp3) is 0.667. The lowest BCUT2D eigenvalue weighted by Crippen LogP contribution is -2.58. The number of carboxylic acids is 2. The summed E-state index contributed by atoms with van der Waals surface area (Å²) in [5.41, 5.74) is 10.7. The van der Waals surface area contributed by atoms with Crippen molar-refractivity contribution in [2.24, 2.45) is 17.4 Å². The largest absolute Gasteiger partial charge is 0.481 e. The lowest BCUT2D eigenvalue weighted by Gasteiger charge is -2.25. The van der Waals surface area contributed by atoms with E-state index in [4.69, 9.17) is 21.7 Å². The molecule has 4 amide bonds. The van der Waals surface area contributed by atoms with Crippen molar-refractivity contribution in [1.82, 2.24) is 16.0 Å². The Bertz CT molecular complexity index is 717. The summed E-state index contributed by atoms with van der Waals surface area (Å²) >= 11 is 3.97. The van der Waals surface area contributed by atoms with Crippen LogP contribution >= 0.6 is 12.6 Å². The van der Waals surface area contributed by atoms with E-state index in [0.29, 0.717) is 0 Å². The Hall–Kier alpha value is -2.87. The number of carboxylic acid groups (broad SMARTS) is 2. The van der Waals surface area contributed by atoms with Crippen molar-refractivity contribution in [3.8, 4) is 0 Å². The van der Waals surface area contributed by atoms with E-state index in [0.717, 1.165) is 0 Å². The summed E-state index contributed by atoms with van der Waals surface area (Å²) < 4.78 is 0. The summed E-state index contributed by atoms with van der Waals surface area (Å²) in [5, 5.41) is 24.7. The summed E-state index contributed by atoms with van der Waals surface area (Å²) in [6.07, 6.45) is -0.793. The molecule has 182 valence electrons. The number of aliphatic carboxylic acids is 2. The maximum absolute atomic E-state index is 12.7. The van der Waals surface area contributed by atoms with Gasteiger partial charge in [0, 0.05) is 12.2 Å². The van der Waals surface area contributed by atoms with Gasteiger partial charge in [-0.25, -0.2) is 4.79 Å². The van der Waals surface area contributed by atoms with Crippen molar-refractivity contribution in [1.29, 1.82) is 0 Å². The van der Waals surface area contributed by atoms with Gasteiger partial charge >= 0.3 is 11.9 Å². The molecule has 0 bridgehead atoms. The smallest absolute Gasteiger partial charge is 0.326 e. The quantitative estimate of drug-likeness (QED) is 0.117. The van der Waals surface area contributed by atoms with Gasteiger partial charge in [-0.15, -0.1) is 0 Å². The Morgan fingerprint density at radius 3 is 1.81 bits per heavy atom. The lowest BCUT2D eigenvalue weighted by atomic mass is 10.0. The molecule has 0 aromatic rings. The number of nitrogens with two attached hydrogens (primary N) is 2. The van der Waals surface area contributed by atoms with Crippen molar-refractivity contribution in [2.45, 2.75) is 63.7 Å². The minimum absolute atomic E-state index is 0.0149. The maximum atomic E-state index is 12.7. The number of nitrogens with one attached hydrogen (secondary N) is 3. The van der Waals surface area contributed by atoms with Gasteiger partial charge in [0.05, 0.1) is 12.5 Å². The SMILES string of the molecule is CC(C)CC(NC(=O)C(N)CCC(N)=O)C(=O)NC(CS)C(=O)NC(CC(=O)O)C(=O)O. The minimum Gasteiger partial charge on any atom is -0.481 e. The molecule has 0 rings (SSSR count). The molecule has 0 saturated carbocycles. The molecule has 0 radical (unpaired) electrons. The van der Waals surface area contributed by atoms with Crippen LogP contribution in [0.4, 0.5) is 0 Å². The van der Waals surface area contributed by atoms with Crippen molar-refractivity contribution < 1.29 is 39.0 Å². The second-order valence-corrected chi connectivity index (χ2v) is 7.91. The third kappa shape index (κ3) is 11.5. The molecular weight excluding hydrogens is 446 g/mol. The van der Waals surface area contributed by atoms with E-state index in [1.54, 1.807) is 13.8 Å². The Kier molecular flexibility index (Phi) is 13.0. The maximum Gasteiger partial charge on any atom is 0.326 e. The minimum atomic E-state index is -1.70. The Labute approximate surface area is 190 Å². The molecule has 0 aliphatic heterocycles. The first-order valence-electron chi connectivity index (χ1n) is 9.78. The first-order chi connectivity index (χ1) is 14.8. The summed E-state index contributed by atoms with van der Waals surface area (Å²) in [6, 6.07) is -5.15. The zero-order valence-corrected chi connectivity index (χ0v) is 18.8. The van der Waals surface area contributed by atoms with Crippen LogP contribution in [0.25, 0.3) is 0 Å². The normalized spacial score (nSPS) is 14.5. The van der Waals surface area contributed by atoms with Gasteiger partial charge in [0.25, 0.3) is 0 Å². The van der Waals surface area contributed by atoms with Gasteiger partial charge in [0.15, 0.2) is 0 Å². The molecule has 0 aromatic carbocycles. The number of carbonyl (C=O) groups excluding carboxylic acids is 4. The van der Waals surface area contributed by atoms with E-state index in [2.05, 4.69) is 23.3 Å². The van der Waals surface area contributed by atoms with Crippen LogP contribution in [0.5, 0.6) is 0 Å². The number of primary amides is 1. The standard InChI is InChI=1S/C18H31N5O8S/c1-8(2)5-10(21-15(27)9(19)3-4-13(20)24)16(28)23-12(7-32)17(29)22-11(18(30)31)6-14(25)26/h8-12,32H,3-7,19H2,1-2H3,(H2,20,24)(H,21,27)(H,22,29)(H,23,28)(H,25,26)(H,30,31). The zero-order valence-electron chi connectivity index (χ0n) is 17.9. The predicted molar refractivity (Wildman–Crippen MR) is 115 cm³/mol. The summed E-state index contributed by atoms with van der Waals surface area (Å²) in [4.78, 5) is 70.1. The Balaban J connectivity index is 5.24. The second kappa shape index (κ2) is 14.2. The van der Waals surface area contributed by atoms with Crippen molar-refractivity contribution in [2.75, 3.05) is 5.75 Å². The Morgan fingerprint density at radius 2 is 1.38 bits per heavy atom. The molecule has 0 aliphatic rings. The number of hydrogen-bond donors (Lipinski definition) is 8. The van der Waals surface area contributed by atoms with Crippen LogP contribution < -0.4 is 27.4 Å². The van der Waals surface area contributed by atoms with Crippen LogP contribution in [0.2, 0.25) is 0 Å². The number of hydrogen-bond acceptors (Lipinski definition) is 8. The second-order valence-electron chi connectivity index (χ2n) is 7.54. The van der Waals surface area contributed by atoms with Crippen LogP contribution in [0, 0.1) is 5.92 Å². The molecule has 13 nitrogen and oxygen atoms in total. The topological polar surface area (TPSA) is 231 Å². The van der Waals surface area contributed by atoms with Crippen molar-refractivity contribution in [3.63, 3.8) is 0 Å². The van der Waals surface area contributed by atoms with Crippen LogP contribution in [0.15, 0.2) is 0 Å². The summed E-state index contributed by atoms with van der Waals surface area (Å²) in [5.74, 6) is -6.26. The third-order valence-corrected chi connectivity index (χ3v) is 4.55. The van der Waals surface area contributed by atoms with E-state index in [9.17, 15) is 28.8 Å². The molecule has 14 heteroatoms. The van der Waals surface area contributed by atoms with Crippen LogP contribution in [-0.4, -0.2) is 75.7 Å². The molecule has 0 saturated heterocycles. The molecule has 0 spiro atoms. The molecule has 32 heavy (non-hydrogen) atoms. The fourth-order valence-corrected chi connectivity index (χ4v) is 2.78. The van der Waals surface area contributed by atoms with E-state index in [1.807, 2.05) is 5.32 Å². The molecule has 0 fully saturated rings. The van der Waals surface area contributed by atoms with Crippen LogP contribution in [-0.2, 0) is 28.8 Å². The molecule has 4 unspecified atom stereocenters. The van der Waals surface area contributed by atoms with Gasteiger partial charge in [-0.3, -0.25) is 24.0 Å². The molecule has 0 heterocycles. The average molecular weight is 478 g/mol. The predicted octanol–water partition coefficient (Wildman–Crippen LogP) is -2.43. The van der Waals surface area contributed by atoms with Crippen LogP contribution in [0.1, 0.15) is 39.5 Å². The monoisotopic (exact) mass is 477 g/mol. The number of amides is 4. The number of carbonyl (C=O) groups is 6. The summed E-state index contributed by atoms with van der Waals surface area (Å²) in [7, 11) is 0. The van der Waals surface area contributed by atoms with Crippen LogP contribution in [0.3, 0.4) is 0 Å². The fourth-order valence-electron chi connectivity index (χ4n) is 2.52. The number of rotatable bonds is 15. The highest BCUT2D eigenvalue weighted by molar-refractivity contribution is 7.80. The summed E-state index contributed by atoms with van der Waals surface area (Å²) in [6.45, 7) is 3.59. The van der Waals surface area contributed by atoms with E-state index < -0.39 is 66.2 Å². The van der Waals surface area contributed by atoms with Gasteiger partial charge < -0.3 is 37.6 Å². The highest BCUT2D eigenvalue weighted by atomic mass is 32.1. The van der Waals surface area contributed by atoms with E-state index >= 15 is 0 Å². The molecule has 0 aliphatic carbocycles. The van der Waals surface area contributed by atoms with E-state index in [1.165, 1.54) is 0 Å². The highest BCUT2D eigenvalue weighted by Crippen LogP contribution is 2.07. The van der Waals surface area contributed by atoms with E-state index in [-0.39, 0.29) is 30.9 Å². The lowest BCUT2D eigenvalue weighted by molar-refractivity contribution is -0.147. The van der Waals surface area contributed by atoms with Crippen molar-refractivity contribution in [3.05, 3.63) is 0 Å². The van der Waals surface area contributed by atoms with Gasteiger partial charge in [-0.05, 0) is 18.8 Å². The van der Waals surface area contributed by atoms with Gasteiger partial charge in [-0.1, -0.05) is 13.8 Å². The highest BCUT2D eigenvalue weighted by Gasteiger charge is 2.30.